The summed E-state index contributed by atoms with van der Waals surface area (Å²) in [5, 5.41) is 1.43. The average molecular weight is 224 g/mol. The van der Waals surface area contributed by atoms with E-state index in [1.165, 1.54) is 17.2 Å². The molecule has 0 aromatic heterocycles. The molecule has 70 valence electrons. The van der Waals surface area contributed by atoms with E-state index in [1.54, 1.807) is 0 Å². The van der Waals surface area contributed by atoms with E-state index in [4.69, 9.17) is 17.0 Å². The van der Waals surface area contributed by atoms with Crippen molar-refractivity contribution in [3.05, 3.63) is 12.0 Å². The average Bonchev–Trinajstić information content (AvgIpc) is 2.04. The predicted octanol–water partition coefficient (Wildman–Crippen LogP) is 1.93. The maximum atomic E-state index is 10.8. The van der Waals surface area contributed by atoms with E-state index in [0.29, 0.717) is 16.7 Å². The summed E-state index contributed by atoms with van der Waals surface area (Å²) >= 11 is 6.27. The van der Waals surface area contributed by atoms with Gasteiger partial charge >= 0.3 is 0 Å². The van der Waals surface area contributed by atoms with Crippen molar-refractivity contribution in [2.45, 2.75) is 6.92 Å². The van der Waals surface area contributed by atoms with E-state index < -0.39 is 10.8 Å². The van der Waals surface area contributed by atoms with Crippen LogP contribution in [0.4, 0.5) is 0 Å². The topological polar surface area (TPSA) is 26.3 Å². The van der Waals surface area contributed by atoms with Gasteiger partial charge in [-0.3, -0.25) is 4.21 Å². The summed E-state index contributed by atoms with van der Waals surface area (Å²) in [7, 11) is -0.919. The van der Waals surface area contributed by atoms with E-state index in [0.717, 1.165) is 5.75 Å². The van der Waals surface area contributed by atoms with E-state index in [1.807, 2.05) is 6.92 Å². The van der Waals surface area contributed by atoms with Crippen LogP contribution in [0.1, 0.15) is 6.92 Å². The normalized spacial score (nSPS) is 12.1. The lowest BCUT2D eigenvalue weighted by Crippen LogP contribution is -2.01. The van der Waals surface area contributed by atoms with E-state index in [2.05, 4.69) is 6.58 Å². The molecule has 0 saturated heterocycles. The zero-order chi connectivity index (χ0) is 9.40. The van der Waals surface area contributed by atoms with Gasteiger partial charge in [-0.1, -0.05) is 18.3 Å². The van der Waals surface area contributed by atoms with Crippen molar-refractivity contribution in [1.82, 2.24) is 0 Å². The number of ether oxygens (including phenoxy) is 1. The van der Waals surface area contributed by atoms with Crippen LogP contribution in [0, 0.1) is 0 Å². The van der Waals surface area contributed by atoms with Crippen molar-refractivity contribution in [3.8, 4) is 0 Å². The Bertz CT molecular complexity index is 179. The van der Waals surface area contributed by atoms with Gasteiger partial charge in [0.2, 0.25) is 4.38 Å². The van der Waals surface area contributed by atoms with Gasteiger partial charge < -0.3 is 4.74 Å². The number of thiocarbonyl (C=S) groups is 1. The first-order valence-corrected chi connectivity index (χ1v) is 6.27. The highest BCUT2D eigenvalue weighted by molar-refractivity contribution is 8.22. The highest BCUT2D eigenvalue weighted by Crippen LogP contribution is 2.05. The highest BCUT2D eigenvalue weighted by Gasteiger charge is 1.98. The molecule has 0 amide bonds. The molecule has 1 atom stereocenters. The molecular weight excluding hydrogens is 212 g/mol. The van der Waals surface area contributed by atoms with Crippen LogP contribution in [0.25, 0.3) is 0 Å². The van der Waals surface area contributed by atoms with E-state index in [9.17, 15) is 4.21 Å². The second kappa shape index (κ2) is 7.76. The van der Waals surface area contributed by atoms with Gasteiger partial charge in [0.25, 0.3) is 0 Å². The third-order valence-corrected chi connectivity index (χ3v) is 3.42. The molecule has 0 aliphatic rings. The Hall–Kier alpha value is 0.130. The molecule has 12 heavy (non-hydrogen) atoms. The first-order chi connectivity index (χ1) is 5.70. The molecule has 0 spiro atoms. The van der Waals surface area contributed by atoms with Crippen molar-refractivity contribution in [3.63, 3.8) is 0 Å². The first kappa shape index (κ1) is 12.1. The molecule has 0 saturated carbocycles. The Morgan fingerprint density at radius 2 is 2.50 bits per heavy atom. The summed E-state index contributed by atoms with van der Waals surface area (Å²) in [5.41, 5.74) is 0. The van der Waals surface area contributed by atoms with Crippen LogP contribution in [0.3, 0.4) is 0 Å². The fourth-order valence-electron chi connectivity index (χ4n) is 0.450. The van der Waals surface area contributed by atoms with Gasteiger partial charge in [0.05, 0.1) is 6.61 Å². The van der Waals surface area contributed by atoms with Crippen molar-refractivity contribution in [1.29, 1.82) is 0 Å². The molecule has 0 N–H and O–H groups in total. The van der Waals surface area contributed by atoms with Crippen LogP contribution in [-0.2, 0) is 15.5 Å². The Morgan fingerprint density at radius 1 is 1.83 bits per heavy atom. The van der Waals surface area contributed by atoms with Crippen LogP contribution < -0.4 is 0 Å². The second-order valence-corrected chi connectivity index (χ2v) is 4.98. The monoisotopic (exact) mass is 224 g/mol. The molecule has 0 aliphatic carbocycles. The lowest BCUT2D eigenvalue weighted by molar-refractivity contribution is 0.346. The summed E-state index contributed by atoms with van der Waals surface area (Å²) in [5.74, 6) is 1.30. The number of rotatable bonds is 5. The minimum Gasteiger partial charge on any atom is -0.479 e. The number of thioether (sulfide) groups is 1. The SMILES string of the molecule is C=CS(=O)CCSC(=S)OCC. The Balaban J connectivity index is 3.36. The molecule has 0 aliphatic heterocycles. The van der Waals surface area contributed by atoms with Crippen LogP contribution in [0.2, 0.25) is 0 Å². The fraction of sp³-hybridized carbons (Fsp3) is 0.571. The lowest BCUT2D eigenvalue weighted by Gasteiger charge is -2.02. The molecule has 0 heterocycles. The molecule has 5 heteroatoms. The number of hydrogen-bond donors (Lipinski definition) is 0. The highest BCUT2D eigenvalue weighted by atomic mass is 32.2. The summed E-state index contributed by atoms with van der Waals surface area (Å²) in [4.78, 5) is 0. The second-order valence-electron chi connectivity index (χ2n) is 1.78. The molecule has 0 fully saturated rings. The summed E-state index contributed by atoms with van der Waals surface area (Å²) in [6.45, 7) is 5.90. The predicted molar refractivity (Wildman–Crippen MR) is 59.9 cm³/mol. The standard InChI is InChI=1S/C7H12O2S3/c1-3-9-7(10)11-5-6-12(8)4-2/h4H,2-3,5-6H2,1H3. The fourth-order valence-corrected chi connectivity index (χ4v) is 2.34. The van der Waals surface area contributed by atoms with Gasteiger partial charge in [-0.15, -0.1) is 0 Å². The third kappa shape index (κ3) is 6.82. The van der Waals surface area contributed by atoms with Crippen molar-refractivity contribution < 1.29 is 8.95 Å². The zero-order valence-corrected chi connectivity index (χ0v) is 9.40. The minimum absolute atomic E-state index is 0.526. The molecule has 1 unspecified atom stereocenters. The summed E-state index contributed by atoms with van der Waals surface area (Å²) in [6, 6.07) is 0. The largest absolute Gasteiger partial charge is 0.479 e. The van der Waals surface area contributed by atoms with Crippen LogP contribution in [0.15, 0.2) is 12.0 Å². The summed E-state index contributed by atoms with van der Waals surface area (Å²) < 4.78 is 16.4. The van der Waals surface area contributed by atoms with Crippen LogP contribution >= 0.6 is 24.0 Å². The van der Waals surface area contributed by atoms with Crippen LogP contribution in [-0.4, -0.2) is 26.7 Å². The molecule has 0 rings (SSSR count). The number of hydrogen-bond acceptors (Lipinski definition) is 4. The van der Waals surface area contributed by atoms with Gasteiger partial charge in [-0.05, 0) is 24.5 Å². The Morgan fingerprint density at radius 3 is 3.00 bits per heavy atom. The van der Waals surface area contributed by atoms with Gasteiger partial charge in [0, 0.05) is 22.3 Å². The van der Waals surface area contributed by atoms with Gasteiger partial charge in [0.15, 0.2) is 0 Å². The molecule has 0 aromatic rings. The summed E-state index contributed by atoms with van der Waals surface area (Å²) in [6.07, 6.45) is 0. The molecule has 0 radical (unpaired) electrons. The van der Waals surface area contributed by atoms with E-state index >= 15 is 0 Å². The van der Waals surface area contributed by atoms with Crippen molar-refractivity contribution in [2.24, 2.45) is 0 Å². The zero-order valence-electron chi connectivity index (χ0n) is 6.95. The maximum absolute atomic E-state index is 10.8. The molecular formula is C7H12O2S3. The molecule has 2 nitrogen and oxygen atoms in total. The van der Waals surface area contributed by atoms with Gasteiger partial charge in [0.1, 0.15) is 0 Å². The lowest BCUT2D eigenvalue weighted by atomic mass is 10.9. The third-order valence-electron chi connectivity index (χ3n) is 0.953. The quantitative estimate of drug-likeness (QED) is 0.667. The van der Waals surface area contributed by atoms with Crippen molar-refractivity contribution in [2.75, 3.05) is 18.1 Å². The van der Waals surface area contributed by atoms with Gasteiger partial charge in [-0.2, -0.15) is 0 Å². The minimum atomic E-state index is -0.919. The van der Waals surface area contributed by atoms with E-state index in [-0.39, 0.29) is 0 Å². The maximum Gasteiger partial charge on any atom is 0.219 e. The Kier molecular flexibility index (Phi) is 7.85. The van der Waals surface area contributed by atoms with Crippen molar-refractivity contribution >= 4 is 39.2 Å². The molecule has 0 aromatic carbocycles. The first-order valence-electron chi connectivity index (χ1n) is 3.50. The van der Waals surface area contributed by atoms with Gasteiger partial charge in [-0.25, -0.2) is 0 Å². The Labute approximate surface area is 85.2 Å². The van der Waals surface area contributed by atoms with Crippen LogP contribution in [0.5, 0.6) is 0 Å². The smallest absolute Gasteiger partial charge is 0.219 e. The molecule has 0 bridgehead atoms.